The van der Waals surface area contributed by atoms with Crippen LogP contribution in [0.15, 0.2) is 50.3 Å². The number of ether oxygens (including phenoxy) is 1. The fourth-order valence-electron chi connectivity index (χ4n) is 1.97. The van der Waals surface area contributed by atoms with Gasteiger partial charge in [0.05, 0.1) is 12.8 Å². The molecule has 0 saturated carbocycles. The Balaban J connectivity index is 1.84. The summed E-state index contributed by atoms with van der Waals surface area (Å²) < 4.78 is 43.0. The van der Waals surface area contributed by atoms with Crippen LogP contribution in [0, 0.1) is 0 Å². The molecule has 2 heterocycles. The fraction of sp³-hybridized carbons (Fsp3) is 0.200. The van der Waals surface area contributed by atoms with Gasteiger partial charge >= 0.3 is 0 Å². The molecule has 0 aliphatic rings. The van der Waals surface area contributed by atoms with E-state index < -0.39 is 10.0 Å². The van der Waals surface area contributed by atoms with E-state index in [1.165, 1.54) is 19.2 Å². The summed E-state index contributed by atoms with van der Waals surface area (Å²) in [7, 11) is -2.38. The van der Waals surface area contributed by atoms with E-state index in [1.54, 1.807) is 24.3 Å². The zero-order valence-corrected chi connectivity index (χ0v) is 13.8. The summed E-state index contributed by atoms with van der Waals surface area (Å²) in [5, 5.41) is 7.38. The first-order valence-electron chi connectivity index (χ1n) is 7.11. The van der Waals surface area contributed by atoms with Crippen molar-refractivity contribution in [2.75, 3.05) is 11.8 Å². The summed E-state index contributed by atoms with van der Waals surface area (Å²) in [6, 6.07) is 9.35. The molecule has 0 aliphatic carbocycles. The van der Waals surface area contributed by atoms with Gasteiger partial charge in [0.15, 0.2) is 5.76 Å². The van der Waals surface area contributed by atoms with Gasteiger partial charge in [-0.15, -0.1) is 10.2 Å². The highest BCUT2D eigenvalue weighted by Crippen LogP contribution is 2.26. The number of anilines is 1. The second-order valence-corrected chi connectivity index (χ2v) is 6.42. The molecule has 0 aliphatic heterocycles. The number of furan rings is 1. The lowest BCUT2D eigenvalue weighted by Crippen LogP contribution is -2.12. The van der Waals surface area contributed by atoms with E-state index in [9.17, 15) is 8.42 Å². The van der Waals surface area contributed by atoms with Gasteiger partial charge in [-0.3, -0.25) is 4.72 Å². The van der Waals surface area contributed by atoms with Gasteiger partial charge in [-0.05, 0) is 24.3 Å². The molecule has 3 aromatic rings. The van der Waals surface area contributed by atoms with Gasteiger partial charge < -0.3 is 13.6 Å². The standard InChI is InChI=1S/C15H15N3O5S/c1-3-13-16-17-15(23-13)12-7-8-14(22-12)24(19,20)18-10-5-4-6-11(9-10)21-2/h4-9,18H,3H2,1-2H3. The molecule has 1 aromatic carbocycles. The van der Waals surface area contributed by atoms with E-state index in [-0.39, 0.29) is 16.7 Å². The van der Waals surface area contributed by atoms with Crippen molar-refractivity contribution in [1.82, 2.24) is 10.2 Å². The second-order valence-electron chi connectivity index (χ2n) is 4.81. The summed E-state index contributed by atoms with van der Waals surface area (Å²) in [4.78, 5) is 0. The van der Waals surface area contributed by atoms with Crippen LogP contribution >= 0.6 is 0 Å². The quantitative estimate of drug-likeness (QED) is 0.729. The molecule has 8 nitrogen and oxygen atoms in total. The number of hydrogen-bond donors (Lipinski definition) is 1. The predicted octanol–water partition coefficient (Wildman–Crippen LogP) is 2.70. The summed E-state index contributed by atoms with van der Waals surface area (Å²) in [6.07, 6.45) is 0.580. The van der Waals surface area contributed by atoms with E-state index in [4.69, 9.17) is 13.6 Å². The third-order valence-electron chi connectivity index (χ3n) is 3.15. The highest BCUT2D eigenvalue weighted by atomic mass is 32.2. The Morgan fingerprint density at radius 2 is 2.00 bits per heavy atom. The van der Waals surface area contributed by atoms with Crippen molar-refractivity contribution in [2.24, 2.45) is 0 Å². The molecule has 0 unspecified atom stereocenters. The summed E-state index contributed by atoms with van der Waals surface area (Å²) >= 11 is 0. The average molecular weight is 349 g/mol. The van der Waals surface area contributed by atoms with Gasteiger partial charge in [-0.1, -0.05) is 13.0 Å². The predicted molar refractivity (Wildman–Crippen MR) is 85.2 cm³/mol. The van der Waals surface area contributed by atoms with Crippen LogP contribution in [0.3, 0.4) is 0 Å². The minimum atomic E-state index is -3.89. The molecule has 0 saturated heterocycles. The number of methoxy groups -OCH3 is 1. The van der Waals surface area contributed by atoms with Crippen molar-refractivity contribution < 1.29 is 22.0 Å². The number of benzene rings is 1. The molecule has 9 heteroatoms. The van der Waals surface area contributed by atoms with Gasteiger partial charge in [0.2, 0.25) is 11.0 Å². The number of hydrogen-bond acceptors (Lipinski definition) is 7. The normalized spacial score (nSPS) is 11.4. The van der Waals surface area contributed by atoms with Crippen molar-refractivity contribution in [3.63, 3.8) is 0 Å². The van der Waals surface area contributed by atoms with Crippen LogP contribution in [-0.4, -0.2) is 25.7 Å². The molecule has 0 atom stereocenters. The SMILES string of the molecule is CCc1nnc(-c2ccc(S(=O)(=O)Nc3cccc(OC)c3)o2)o1. The topological polar surface area (TPSA) is 107 Å². The van der Waals surface area contributed by atoms with Crippen molar-refractivity contribution in [2.45, 2.75) is 18.4 Å². The molecule has 0 fully saturated rings. The monoisotopic (exact) mass is 349 g/mol. The molecule has 0 radical (unpaired) electrons. The molecule has 2 aromatic heterocycles. The van der Waals surface area contributed by atoms with Crippen LogP contribution in [0.5, 0.6) is 5.75 Å². The maximum absolute atomic E-state index is 12.4. The Morgan fingerprint density at radius 1 is 1.17 bits per heavy atom. The summed E-state index contributed by atoms with van der Waals surface area (Å²) in [5.74, 6) is 1.30. The number of nitrogens with one attached hydrogen (secondary N) is 1. The minimum Gasteiger partial charge on any atom is -0.497 e. The Morgan fingerprint density at radius 3 is 2.71 bits per heavy atom. The first-order chi connectivity index (χ1) is 11.5. The van der Waals surface area contributed by atoms with Gasteiger partial charge in [-0.2, -0.15) is 8.42 Å². The molecule has 3 rings (SSSR count). The minimum absolute atomic E-state index is 0.134. The lowest BCUT2D eigenvalue weighted by molar-refractivity contribution is 0.415. The summed E-state index contributed by atoms with van der Waals surface area (Å²) in [6.45, 7) is 1.87. The van der Waals surface area contributed by atoms with E-state index in [0.29, 0.717) is 23.7 Å². The first-order valence-corrected chi connectivity index (χ1v) is 8.59. The van der Waals surface area contributed by atoms with Gasteiger partial charge in [-0.25, -0.2) is 0 Å². The lowest BCUT2D eigenvalue weighted by atomic mass is 10.3. The molecule has 126 valence electrons. The van der Waals surface area contributed by atoms with Crippen molar-refractivity contribution >= 4 is 15.7 Å². The largest absolute Gasteiger partial charge is 0.497 e. The molecule has 0 amide bonds. The second kappa shape index (κ2) is 6.36. The molecule has 0 spiro atoms. The maximum Gasteiger partial charge on any atom is 0.295 e. The van der Waals surface area contributed by atoms with Crippen molar-refractivity contribution in [3.8, 4) is 17.4 Å². The highest BCUT2D eigenvalue weighted by molar-refractivity contribution is 7.92. The van der Waals surface area contributed by atoms with Gasteiger partial charge in [0.25, 0.3) is 15.9 Å². The zero-order valence-electron chi connectivity index (χ0n) is 13.0. The third-order valence-corrected chi connectivity index (χ3v) is 4.40. The number of aromatic nitrogens is 2. The Hall–Kier alpha value is -2.81. The number of sulfonamides is 1. The van der Waals surface area contributed by atoms with Crippen LogP contribution in [0.4, 0.5) is 5.69 Å². The van der Waals surface area contributed by atoms with E-state index in [2.05, 4.69) is 14.9 Å². The Labute approximate surface area is 138 Å². The number of rotatable bonds is 6. The molecule has 24 heavy (non-hydrogen) atoms. The van der Waals surface area contributed by atoms with Crippen LogP contribution in [0.2, 0.25) is 0 Å². The summed E-state index contributed by atoms with van der Waals surface area (Å²) in [5.41, 5.74) is 0.360. The third kappa shape index (κ3) is 3.25. The average Bonchev–Trinajstić information content (AvgIpc) is 3.23. The van der Waals surface area contributed by atoms with Crippen LogP contribution in [-0.2, 0) is 16.4 Å². The fourth-order valence-corrected chi connectivity index (χ4v) is 2.95. The lowest BCUT2D eigenvalue weighted by Gasteiger charge is -2.07. The smallest absolute Gasteiger partial charge is 0.295 e. The van der Waals surface area contributed by atoms with Crippen molar-refractivity contribution in [1.29, 1.82) is 0 Å². The van der Waals surface area contributed by atoms with Crippen LogP contribution in [0.25, 0.3) is 11.7 Å². The van der Waals surface area contributed by atoms with Crippen LogP contribution in [0.1, 0.15) is 12.8 Å². The Kier molecular flexibility index (Phi) is 4.26. The zero-order chi connectivity index (χ0) is 17.2. The maximum atomic E-state index is 12.4. The van der Waals surface area contributed by atoms with Gasteiger partial charge in [0, 0.05) is 12.5 Å². The van der Waals surface area contributed by atoms with E-state index in [0.717, 1.165) is 0 Å². The number of aryl methyl sites for hydroxylation is 1. The Bertz CT molecular complexity index is 945. The molecular weight excluding hydrogens is 334 g/mol. The highest BCUT2D eigenvalue weighted by Gasteiger charge is 2.21. The first kappa shape index (κ1) is 16.1. The van der Waals surface area contributed by atoms with Crippen LogP contribution < -0.4 is 9.46 Å². The molecule has 1 N–H and O–H groups in total. The molecular formula is C15H15N3O5S. The van der Waals surface area contributed by atoms with Crippen molar-refractivity contribution in [3.05, 3.63) is 42.3 Å². The molecule has 0 bridgehead atoms. The van der Waals surface area contributed by atoms with E-state index in [1.807, 2.05) is 6.92 Å². The number of nitrogens with zero attached hydrogens (tertiary/aromatic N) is 2. The van der Waals surface area contributed by atoms with E-state index >= 15 is 0 Å². The van der Waals surface area contributed by atoms with Gasteiger partial charge in [0.1, 0.15) is 5.75 Å².